The van der Waals surface area contributed by atoms with Gasteiger partial charge in [0, 0.05) is 33.5 Å². The van der Waals surface area contributed by atoms with Crippen LogP contribution in [0, 0.1) is 5.82 Å². The van der Waals surface area contributed by atoms with Gasteiger partial charge in [0.15, 0.2) is 11.5 Å². The summed E-state index contributed by atoms with van der Waals surface area (Å²) in [5, 5.41) is 7.79. The van der Waals surface area contributed by atoms with Gasteiger partial charge in [0.1, 0.15) is 24.7 Å². The first kappa shape index (κ1) is 29.4. The summed E-state index contributed by atoms with van der Waals surface area (Å²) < 4.78 is 25.5. The van der Waals surface area contributed by atoms with Crippen LogP contribution >= 0.6 is 11.8 Å². The minimum atomic E-state index is -0.640. The second kappa shape index (κ2) is 13.7. The Labute approximate surface area is 252 Å². The molecule has 4 aromatic rings. The smallest absolute Gasteiger partial charge is 0.272 e. The number of ether oxygens (including phenoxy) is 2. The number of thioether (sulfide) groups is 1. The van der Waals surface area contributed by atoms with Gasteiger partial charge in [-0.25, -0.2) is 4.39 Å². The second-order valence-electron chi connectivity index (χ2n) is 9.49. The topological polar surface area (TPSA) is 106 Å². The van der Waals surface area contributed by atoms with Crippen molar-refractivity contribution in [2.24, 2.45) is 0 Å². The first-order valence-corrected chi connectivity index (χ1v) is 14.3. The Balaban J connectivity index is 1.27. The van der Waals surface area contributed by atoms with Crippen LogP contribution in [0.1, 0.15) is 22.8 Å². The summed E-state index contributed by atoms with van der Waals surface area (Å²) in [4.78, 5) is 39.8. The van der Waals surface area contributed by atoms with Gasteiger partial charge in [-0.3, -0.25) is 14.4 Å². The van der Waals surface area contributed by atoms with Gasteiger partial charge in [-0.2, -0.15) is 0 Å². The molecule has 10 heteroatoms. The molecule has 1 aliphatic heterocycles. The van der Waals surface area contributed by atoms with Gasteiger partial charge < -0.3 is 25.4 Å². The van der Waals surface area contributed by atoms with E-state index in [0.717, 1.165) is 4.90 Å². The monoisotopic (exact) mass is 597 g/mol. The van der Waals surface area contributed by atoms with E-state index < -0.39 is 22.9 Å². The summed E-state index contributed by atoms with van der Waals surface area (Å²) >= 11 is 1.31. The second-order valence-corrected chi connectivity index (χ2v) is 10.9. The molecule has 0 bridgehead atoms. The summed E-state index contributed by atoms with van der Waals surface area (Å²) in [7, 11) is 0. The van der Waals surface area contributed by atoms with Crippen LogP contribution in [0.5, 0.6) is 11.5 Å². The highest BCUT2D eigenvalue weighted by molar-refractivity contribution is 8.00. The third-order valence-electron chi connectivity index (χ3n) is 6.32. The van der Waals surface area contributed by atoms with Crippen molar-refractivity contribution in [1.82, 2.24) is 5.32 Å². The molecule has 4 aromatic carbocycles. The number of carbonyl (C=O) groups excluding carboxylic acids is 3. The van der Waals surface area contributed by atoms with Crippen LogP contribution in [0.3, 0.4) is 0 Å². The Morgan fingerprint density at radius 3 is 2.33 bits per heavy atom. The number of hydrogen-bond acceptors (Lipinski definition) is 6. The van der Waals surface area contributed by atoms with Gasteiger partial charge in [0.25, 0.3) is 11.8 Å². The normalized spacial score (nSPS) is 13.0. The van der Waals surface area contributed by atoms with E-state index in [0.29, 0.717) is 41.7 Å². The maximum absolute atomic E-state index is 14.4. The molecule has 5 rings (SSSR count). The van der Waals surface area contributed by atoms with Crippen LogP contribution < -0.4 is 25.4 Å². The largest absolute Gasteiger partial charge is 0.486 e. The van der Waals surface area contributed by atoms with E-state index in [1.165, 1.54) is 36.0 Å². The van der Waals surface area contributed by atoms with Crippen molar-refractivity contribution in [2.75, 3.05) is 23.8 Å². The fourth-order valence-electron chi connectivity index (χ4n) is 4.16. The molecule has 0 saturated carbocycles. The van der Waals surface area contributed by atoms with Crippen molar-refractivity contribution >= 4 is 46.9 Å². The first-order valence-electron chi connectivity index (χ1n) is 13.5. The zero-order valence-electron chi connectivity index (χ0n) is 23.1. The molecule has 1 atom stereocenters. The number of fused-ring (bicyclic) bond motifs is 1. The third kappa shape index (κ3) is 7.81. The molecular weight excluding hydrogens is 569 g/mol. The highest BCUT2D eigenvalue weighted by Gasteiger charge is 2.19. The molecule has 8 nitrogen and oxygen atoms in total. The maximum atomic E-state index is 14.4. The van der Waals surface area contributed by atoms with Crippen molar-refractivity contribution in [3.05, 3.63) is 120 Å². The predicted octanol–water partition coefficient (Wildman–Crippen LogP) is 6.13. The highest BCUT2D eigenvalue weighted by Crippen LogP contribution is 2.33. The molecule has 43 heavy (non-hydrogen) atoms. The Morgan fingerprint density at radius 1 is 0.814 bits per heavy atom. The molecule has 0 spiro atoms. The predicted molar refractivity (Wildman–Crippen MR) is 165 cm³/mol. The van der Waals surface area contributed by atoms with Crippen LogP contribution in [-0.2, 0) is 9.59 Å². The Hall–Kier alpha value is -5.09. The van der Waals surface area contributed by atoms with Crippen molar-refractivity contribution in [1.29, 1.82) is 0 Å². The quantitative estimate of drug-likeness (QED) is 0.159. The zero-order chi connectivity index (χ0) is 30.2. The molecule has 0 aliphatic carbocycles. The third-order valence-corrected chi connectivity index (χ3v) is 7.41. The van der Waals surface area contributed by atoms with Crippen LogP contribution in [0.2, 0.25) is 0 Å². The number of benzene rings is 4. The van der Waals surface area contributed by atoms with Crippen molar-refractivity contribution < 1.29 is 28.2 Å². The van der Waals surface area contributed by atoms with E-state index >= 15 is 0 Å². The molecule has 1 heterocycles. The molecule has 0 saturated heterocycles. The van der Waals surface area contributed by atoms with Crippen LogP contribution in [0.15, 0.2) is 108 Å². The fraction of sp³-hybridized carbons (Fsp3) is 0.121. The lowest BCUT2D eigenvalue weighted by Gasteiger charge is -2.19. The summed E-state index contributed by atoms with van der Waals surface area (Å²) in [6.45, 7) is 2.71. The number of hydrogen-bond donors (Lipinski definition) is 3. The summed E-state index contributed by atoms with van der Waals surface area (Å²) in [6.07, 6.45) is 1.29. The molecular formula is C33H28FN3O5S. The molecule has 0 aromatic heterocycles. The van der Waals surface area contributed by atoms with Crippen LogP contribution in [-0.4, -0.2) is 36.2 Å². The first-order chi connectivity index (χ1) is 20.9. The fourth-order valence-corrected chi connectivity index (χ4v) is 5.08. The van der Waals surface area contributed by atoms with Crippen LogP contribution in [0.25, 0.3) is 6.08 Å². The highest BCUT2D eigenvalue weighted by atomic mass is 32.2. The van der Waals surface area contributed by atoms with E-state index in [2.05, 4.69) is 16.0 Å². The van der Waals surface area contributed by atoms with Gasteiger partial charge in [-0.1, -0.05) is 42.5 Å². The van der Waals surface area contributed by atoms with E-state index in [-0.39, 0.29) is 17.2 Å². The van der Waals surface area contributed by atoms with E-state index in [4.69, 9.17) is 9.47 Å². The lowest BCUT2D eigenvalue weighted by Crippen LogP contribution is -2.30. The number of carbonyl (C=O) groups is 3. The average Bonchev–Trinajstić information content (AvgIpc) is 3.02. The SMILES string of the molecule is CC(Sc1cccc(NC(=O)/C(=C/c2ccccc2F)NC(=O)c2ccccc2)c1)C(=O)Nc1ccc2c(c1)OCCO2. The Morgan fingerprint density at radius 2 is 1.53 bits per heavy atom. The number of nitrogens with one attached hydrogen (secondary N) is 3. The molecule has 0 radical (unpaired) electrons. The van der Waals surface area contributed by atoms with Gasteiger partial charge in [0.2, 0.25) is 5.91 Å². The van der Waals surface area contributed by atoms with Gasteiger partial charge >= 0.3 is 0 Å². The molecule has 1 unspecified atom stereocenters. The van der Waals surface area contributed by atoms with Crippen molar-refractivity contribution in [3.8, 4) is 11.5 Å². The average molecular weight is 598 g/mol. The van der Waals surface area contributed by atoms with Crippen molar-refractivity contribution in [2.45, 2.75) is 17.1 Å². The molecule has 1 aliphatic rings. The minimum absolute atomic E-state index is 0.135. The van der Waals surface area contributed by atoms with Crippen molar-refractivity contribution in [3.63, 3.8) is 0 Å². The van der Waals surface area contributed by atoms with Crippen LogP contribution in [0.4, 0.5) is 15.8 Å². The zero-order valence-corrected chi connectivity index (χ0v) is 24.0. The summed E-state index contributed by atoms with van der Waals surface area (Å²) in [5.41, 5.74) is 1.38. The summed E-state index contributed by atoms with van der Waals surface area (Å²) in [6, 6.07) is 26.5. The molecule has 218 valence electrons. The maximum Gasteiger partial charge on any atom is 0.272 e. The molecule has 3 N–H and O–H groups in total. The van der Waals surface area contributed by atoms with Gasteiger partial charge in [0.05, 0.1) is 5.25 Å². The van der Waals surface area contributed by atoms with E-state index in [9.17, 15) is 18.8 Å². The number of anilines is 2. The lowest BCUT2D eigenvalue weighted by atomic mass is 10.1. The number of amides is 3. The Bertz CT molecular complexity index is 1680. The standard InChI is InChI=1S/C33H28FN3O5S/c1-21(31(38)35-25-14-15-29-30(20-25)42-17-16-41-29)43-26-12-7-11-24(19-26)36-33(40)28(18-23-10-5-6-13-27(23)34)37-32(39)22-8-3-2-4-9-22/h2-15,18-21H,16-17H2,1H3,(H,35,38)(H,36,40)(H,37,39)/b28-18-. The molecule has 3 amide bonds. The van der Waals surface area contributed by atoms with Gasteiger partial charge in [-0.05, 0) is 61.5 Å². The van der Waals surface area contributed by atoms with Gasteiger partial charge in [-0.15, -0.1) is 11.8 Å². The number of rotatable bonds is 9. The number of halogens is 1. The summed E-state index contributed by atoms with van der Waals surface area (Å²) in [5.74, 6) is -0.689. The minimum Gasteiger partial charge on any atom is -0.486 e. The lowest BCUT2D eigenvalue weighted by molar-refractivity contribution is -0.115. The van der Waals surface area contributed by atoms with E-state index in [1.807, 2.05) is 6.07 Å². The Kier molecular flexibility index (Phi) is 9.38. The molecule has 0 fully saturated rings. The van der Waals surface area contributed by atoms with E-state index in [1.54, 1.807) is 79.7 Å².